The number of nitrogens with zero attached hydrogens (tertiary/aromatic N) is 4. The number of amides is 1. The molecule has 1 unspecified atom stereocenters. The normalized spacial score (nSPS) is 28.6. The molecule has 1 atom stereocenters. The van der Waals surface area contributed by atoms with E-state index in [1.165, 1.54) is 5.69 Å². The van der Waals surface area contributed by atoms with E-state index in [1.807, 2.05) is 4.90 Å². The molecule has 1 aliphatic carbocycles. The lowest BCUT2D eigenvalue weighted by Gasteiger charge is -2.58. The Morgan fingerprint density at radius 1 is 1.29 bits per heavy atom. The largest absolute Gasteiger partial charge is 0.393 e. The van der Waals surface area contributed by atoms with Crippen molar-refractivity contribution >= 4 is 12.2 Å². The highest BCUT2D eigenvalue weighted by molar-refractivity contribution is 5.50. The van der Waals surface area contributed by atoms with E-state index in [0.29, 0.717) is 11.5 Å². The maximum absolute atomic E-state index is 10.8. The fourth-order valence-electron chi connectivity index (χ4n) is 5.03. The Morgan fingerprint density at radius 3 is 2.62 bits per heavy atom. The summed E-state index contributed by atoms with van der Waals surface area (Å²) in [4.78, 5) is 15.0. The Labute approximate surface area is 143 Å². The Balaban J connectivity index is 1.47. The summed E-state index contributed by atoms with van der Waals surface area (Å²) in [5.41, 5.74) is 1.50. The van der Waals surface area contributed by atoms with E-state index in [0.717, 1.165) is 57.5 Å². The molecule has 1 spiro atoms. The second kappa shape index (κ2) is 5.22. The average Bonchev–Trinajstić information content (AvgIpc) is 2.76. The quantitative estimate of drug-likeness (QED) is 0.856. The standard InChI is InChI=1S/C18H28N4O2/c1-13-6-16(21-5-4-15(24)9-17(21,2)3)19-22(13)14-7-18(8-14)10-20(11-18)12-23/h6,12,14-15,24H,4-5,7-11H2,1-3H3. The monoisotopic (exact) mass is 332 g/mol. The Bertz CT molecular complexity index is 639. The van der Waals surface area contributed by atoms with Gasteiger partial charge in [0.25, 0.3) is 0 Å². The fourth-order valence-corrected chi connectivity index (χ4v) is 5.03. The van der Waals surface area contributed by atoms with Crippen LogP contribution in [0.15, 0.2) is 6.07 Å². The second-order valence-electron chi connectivity index (χ2n) is 8.77. The fraction of sp³-hybridized carbons (Fsp3) is 0.778. The molecular formula is C18H28N4O2. The van der Waals surface area contributed by atoms with E-state index in [9.17, 15) is 9.90 Å². The number of hydrogen-bond acceptors (Lipinski definition) is 4. The summed E-state index contributed by atoms with van der Waals surface area (Å²) in [6.45, 7) is 9.18. The number of aryl methyl sites for hydroxylation is 1. The van der Waals surface area contributed by atoms with Gasteiger partial charge in [-0.25, -0.2) is 0 Å². The van der Waals surface area contributed by atoms with Crippen molar-refractivity contribution in [2.45, 2.75) is 64.1 Å². The lowest BCUT2D eigenvalue weighted by atomic mass is 9.61. The third kappa shape index (κ3) is 2.42. The predicted octanol–water partition coefficient (Wildman–Crippen LogP) is 1.72. The van der Waals surface area contributed by atoms with Crippen molar-refractivity contribution in [2.24, 2.45) is 5.41 Å². The molecule has 1 saturated carbocycles. The van der Waals surface area contributed by atoms with Crippen LogP contribution in [0.2, 0.25) is 0 Å². The molecule has 2 saturated heterocycles. The van der Waals surface area contributed by atoms with Gasteiger partial charge in [0.15, 0.2) is 5.82 Å². The minimum atomic E-state index is -0.203. The highest BCUT2D eigenvalue weighted by Crippen LogP contribution is 2.54. The summed E-state index contributed by atoms with van der Waals surface area (Å²) in [7, 11) is 0. The van der Waals surface area contributed by atoms with Crippen LogP contribution in [0.1, 0.15) is 51.3 Å². The van der Waals surface area contributed by atoms with Gasteiger partial charge in [-0.05, 0) is 46.5 Å². The highest BCUT2D eigenvalue weighted by Gasteiger charge is 2.53. The summed E-state index contributed by atoms with van der Waals surface area (Å²) in [6.07, 6.45) is 4.60. The van der Waals surface area contributed by atoms with Gasteiger partial charge < -0.3 is 14.9 Å². The first kappa shape index (κ1) is 15.9. The summed E-state index contributed by atoms with van der Waals surface area (Å²) in [6, 6.07) is 2.65. The van der Waals surface area contributed by atoms with Gasteiger partial charge >= 0.3 is 0 Å². The molecule has 132 valence electrons. The molecule has 0 aromatic carbocycles. The molecule has 6 nitrogen and oxygen atoms in total. The maximum atomic E-state index is 10.8. The summed E-state index contributed by atoms with van der Waals surface area (Å²) in [5, 5.41) is 14.9. The van der Waals surface area contributed by atoms with E-state index in [-0.39, 0.29) is 11.6 Å². The number of likely N-dealkylation sites (tertiary alicyclic amines) is 1. The van der Waals surface area contributed by atoms with Crippen molar-refractivity contribution in [1.82, 2.24) is 14.7 Å². The average molecular weight is 332 g/mol. The molecule has 1 aromatic heterocycles. The summed E-state index contributed by atoms with van der Waals surface area (Å²) >= 11 is 0. The van der Waals surface area contributed by atoms with Crippen LogP contribution in [0, 0.1) is 12.3 Å². The van der Waals surface area contributed by atoms with Crippen molar-refractivity contribution < 1.29 is 9.90 Å². The summed E-state index contributed by atoms with van der Waals surface area (Å²) in [5.74, 6) is 1.04. The topological polar surface area (TPSA) is 61.6 Å². The van der Waals surface area contributed by atoms with Crippen LogP contribution < -0.4 is 4.90 Å². The number of aliphatic hydroxyl groups excluding tert-OH is 1. The van der Waals surface area contributed by atoms with Crippen LogP contribution in [0.3, 0.4) is 0 Å². The van der Waals surface area contributed by atoms with Gasteiger partial charge in [0.05, 0.1) is 12.1 Å². The number of hydrogen-bond donors (Lipinski definition) is 1. The first-order valence-electron chi connectivity index (χ1n) is 9.03. The molecule has 1 amide bonds. The number of rotatable bonds is 3. The number of carbonyl (C=O) groups is 1. The molecule has 2 aliphatic heterocycles. The van der Waals surface area contributed by atoms with Gasteiger partial charge in [0.2, 0.25) is 6.41 Å². The molecule has 3 fully saturated rings. The third-order valence-electron chi connectivity index (χ3n) is 6.25. The van der Waals surface area contributed by atoms with Gasteiger partial charge in [-0.3, -0.25) is 9.48 Å². The zero-order valence-corrected chi connectivity index (χ0v) is 14.9. The van der Waals surface area contributed by atoms with E-state index in [4.69, 9.17) is 5.10 Å². The van der Waals surface area contributed by atoms with Crippen molar-refractivity contribution in [1.29, 1.82) is 0 Å². The molecule has 24 heavy (non-hydrogen) atoms. The van der Waals surface area contributed by atoms with Gasteiger partial charge in [-0.1, -0.05) is 0 Å². The van der Waals surface area contributed by atoms with Crippen LogP contribution in [0.5, 0.6) is 0 Å². The Kier molecular flexibility index (Phi) is 3.46. The first-order chi connectivity index (χ1) is 11.3. The minimum Gasteiger partial charge on any atom is -0.393 e. The van der Waals surface area contributed by atoms with Gasteiger partial charge in [-0.2, -0.15) is 5.10 Å². The minimum absolute atomic E-state index is 0.0669. The smallest absolute Gasteiger partial charge is 0.209 e. The molecule has 6 heteroatoms. The van der Waals surface area contributed by atoms with E-state index in [1.54, 1.807) is 0 Å². The number of carbonyl (C=O) groups excluding carboxylic acids is 1. The van der Waals surface area contributed by atoms with E-state index < -0.39 is 0 Å². The number of aromatic nitrogens is 2. The van der Waals surface area contributed by atoms with Crippen LogP contribution in [-0.4, -0.2) is 57.5 Å². The molecule has 0 bridgehead atoms. The van der Waals surface area contributed by atoms with Crippen molar-refractivity contribution in [3.63, 3.8) is 0 Å². The maximum Gasteiger partial charge on any atom is 0.209 e. The molecule has 4 rings (SSSR count). The van der Waals surface area contributed by atoms with Crippen LogP contribution in [0.25, 0.3) is 0 Å². The molecule has 3 heterocycles. The molecule has 0 radical (unpaired) electrons. The predicted molar refractivity (Wildman–Crippen MR) is 92.0 cm³/mol. The first-order valence-corrected chi connectivity index (χ1v) is 9.03. The lowest BCUT2D eigenvalue weighted by Crippen LogP contribution is -2.61. The zero-order chi connectivity index (χ0) is 17.1. The van der Waals surface area contributed by atoms with Gasteiger partial charge in [0, 0.05) is 42.3 Å². The molecule has 1 N–H and O–H groups in total. The Hall–Kier alpha value is -1.56. The van der Waals surface area contributed by atoms with E-state index in [2.05, 4.69) is 36.4 Å². The Morgan fingerprint density at radius 2 is 2.00 bits per heavy atom. The van der Waals surface area contributed by atoms with Gasteiger partial charge in [-0.15, -0.1) is 0 Å². The molecule has 3 aliphatic rings. The van der Waals surface area contributed by atoms with Crippen molar-refractivity contribution in [2.75, 3.05) is 24.5 Å². The summed E-state index contributed by atoms with van der Waals surface area (Å²) < 4.78 is 2.19. The van der Waals surface area contributed by atoms with Crippen molar-refractivity contribution in [3.05, 3.63) is 11.8 Å². The number of aliphatic hydroxyl groups is 1. The zero-order valence-electron chi connectivity index (χ0n) is 14.9. The van der Waals surface area contributed by atoms with Crippen LogP contribution in [-0.2, 0) is 4.79 Å². The molecule has 1 aromatic rings. The van der Waals surface area contributed by atoms with E-state index >= 15 is 0 Å². The number of piperidine rings is 1. The lowest BCUT2D eigenvalue weighted by molar-refractivity contribution is -0.140. The number of anilines is 1. The van der Waals surface area contributed by atoms with Crippen LogP contribution >= 0.6 is 0 Å². The van der Waals surface area contributed by atoms with Crippen molar-refractivity contribution in [3.8, 4) is 0 Å². The SMILES string of the molecule is Cc1cc(N2CCC(O)CC2(C)C)nn1C1CC2(C1)CN(C=O)C2. The van der Waals surface area contributed by atoms with Crippen LogP contribution in [0.4, 0.5) is 5.82 Å². The van der Waals surface area contributed by atoms with Gasteiger partial charge in [0.1, 0.15) is 0 Å². The molecular weight excluding hydrogens is 304 g/mol. The third-order valence-corrected chi connectivity index (χ3v) is 6.25. The second-order valence-corrected chi connectivity index (χ2v) is 8.77. The highest BCUT2D eigenvalue weighted by atomic mass is 16.3.